The third kappa shape index (κ3) is 2.38. The summed E-state index contributed by atoms with van der Waals surface area (Å²) in [4.78, 5) is 13.2. The summed E-state index contributed by atoms with van der Waals surface area (Å²) in [6.07, 6.45) is 2.02. The van der Waals surface area contributed by atoms with Gasteiger partial charge in [-0.15, -0.1) is 11.8 Å². The fourth-order valence-electron chi connectivity index (χ4n) is 1.25. The minimum absolute atomic E-state index is 0.210. The van der Waals surface area contributed by atoms with E-state index in [4.69, 9.17) is 5.73 Å². The standard InChI is InChI=1S/C8H16N2OS/c1-10-5-3-7(8(10)11)12-6-2-4-9/h7H,2-6,9H2,1H3. The number of amides is 1. The summed E-state index contributed by atoms with van der Waals surface area (Å²) in [5.41, 5.74) is 5.37. The number of thioether (sulfide) groups is 1. The van der Waals surface area contributed by atoms with Crippen molar-refractivity contribution in [1.29, 1.82) is 0 Å². The average molecular weight is 188 g/mol. The van der Waals surface area contributed by atoms with Crippen LogP contribution in [0.25, 0.3) is 0 Å². The molecule has 0 aromatic carbocycles. The van der Waals surface area contributed by atoms with Gasteiger partial charge < -0.3 is 10.6 Å². The predicted molar refractivity (Wildman–Crippen MR) is 52.2 cm³/mol. The maximum absolute atomic E-state index is 11.4. The molecule has 4 heteroatoms. The van der Waals surface area contributed by atoms with Crippen LogP contribution in [0.15, 0.2) is 0 Å². The smallest absolute Gasteiger partial charge is 0.235 e. The SMILES string of the molecule is CN1CCC(SCCCN)C1=O. The number of carbonyl (C=O) groups is 1. The first-order chi connectivity index (χ1) is 5.75. The van der Waals surface area contributed by atoms with Gasteiger partial charge in [0.25, 0.3) is 0 Å². The zero-order chi connectivity index (χ0) is 8.97. The van der Waals surface area contributed by atoms with Crippen LogP contribution in [0.1, 0.15) is 12.8 Å². The molecule has 0 spiro atoms. The quantitative estimate of drug-likeness (QED) is 0.645. The minimum Gasteiger partial charge on any atom is -0.345 e. The lowest BCUT2D eigenvalue weighted by Gasteiger charge is -2.09. The minimum atomic E-state index is 0.210. The van der Waals surface area contributed by atoms with Gasteiger partial charge in [0.15, 0.2) is 0 Å². The van der Waals surface area contributed by atoms with Gasteiger partial charge in [-0.05, 0) is 25.1 Å². The van der Waals surface area contributed by atoms with Gasteiger partial charge in [0.1, 0.15) is 0 Å². The first kappa shape index (κ1) is 9.86. The molecule has 1 unspecified atom stereocenters. The van der Waals surface area contributed by atoms with E-state index in [-0.39, 0.29) is 11.2 Å². The summed E-state index contributed by atoms with van der Waals surface area (Å²) in [5, 5.41) is 0.210. The van der Waals surface area contributed by atoms with Gasteiger partial charge in [0.2, 0.25) is 5.91 Å². The van der Waals surface area contributed by atoms with Gasteiger partial charge in [-0.25, -0.2) is 0 Å². The number of rotatable bonds is 4. The fourth-order valence-corrected chi connectivity index (χ4v) is 2.47. The lowest BCUT2D eigenvalue weighted by atomic mass is 10.4. The molecule has 0 aromatic heterocycles. The summed E-state index contributed by atoms with van der Waals surface area (Å²) in [6, 6.07) is 0. The average Bonchev–Trinajstić information content (AvgIpc) is 2.36. The molecule has 1 aliphatic heterocycles. The van der Waals surface area contributed by atoms with E-state index in [0.717, 1.165) is 31.7 Å². The Hall–Kier alpha value is -0.220. The number of likely N-dealkylation sites (tertiary alicyclic amines) is 1. The number of hydrogen-bond donors (Lipinski definition) is 1. The lowest BCUT2D eigenvalue weighted by molar-refractivity contribution is -0.126. The van der Waals surface area contributed by atoms with Crippen molar-refractivity contribution in [2.45, 2.75) is 18.1 Å². The van der Waals surface area contributed by atoms with Crippen molar-refractivity contribution in [3.05, 3.63) is 0 Å². The highest BCUT2D eigenvalue weighted by Crippen LogP contribution is 2.23. The second-order valence-corrected chi connectivity index (χ2v) is 4.36. The van der Waals surface area contributed by atoms with E-state index in [1.165, 1.54) is 0 Å². The zero-order valence-corrected chi connectivity index (χ0v) is 8.27. The molecule has 1 amide bonds. The van der Waals surface area contributed by atoms with E-state index in [9.17, 15) is 4.79 Å². The maximum atomic E-state index is 11.4. The van der Waals surface area contributed by atoms with Crippen LogP contribution >= 0.6 is 11.8 Å². The second-order valence-electron chi connectivity index (χ2n) is 3.05. The second kappa shape index (κ2) is 4.72. The van der Waals surface area contributed by atoms with E-state index < -0.39 is 0 Å². The molecule has 0 saturated carbocycles. The van der Waals surface area contributed by atoms with Crippen molar-refractivity contribution >= 4 is 17.7 Å². The summed E-state index contributed by atoms with van der Waals surface area (Å²) in [5.74, 6) is 1.30. The molecular formula is C8H16N2OS. The third-order valence-corrected chi connectivity index (χ3v) is 3.41. The van der Waals surface area contributed by atoms with E-state index in [1.54, 1.807) is 16.7 Å². The monoisotopic (exact) mass is 188 g/mol. The zero-order valence-electron chi connectivity index (χ0n) is 7.45. The summed E-state index contributed by atoms with van der Waals surface area (Å²) in [7, 11) is 1.87. The van der Waals surface area contributed by atoms with Crippen molar-refractivity contribution in [2.24, 2.45) is 5.73 Å². The van der Waals surface area contributed by atoms with Gasteiger partial charge in [-0.3, -0.25) is 4.79 Å². The van der Waals surface area contributed by atoms with Gasteiger partial charge in [-0.1, -0.05) is 0 Å². The van der Waals surface area contributed by atoms with E-state index in [0.29, 0.717) is 0 Å². The first-order valence-corrected chi connectivity index (χ1v) is 5.37. The molecule has 1 saturated heterocycles. The molecule has 0 aliphatic carbocycles. The molecular weight excluding hydrogens is 172 g/mol. The number of carbonyl (C=O) groups excluding carboxylic acids is 1. The largest absolute Gasteiger partial charge is 0.345 e. The molecule has 1 atom stereocenters. The molecule has 0 bridgehead atoms. The topological polar surface area (TPSA) is 46.3 Å². The lowest BCUT2D eigenvalue weighted by Crippen LogP contribution is -2.24. The summed E-state index contributed by atoms with van der Waals surface area (Å²) >= 11 is 1.75. The highest BCUT2D eigenvalue weighted by molar-refractivity contribution is 8.00. The van der Waals surface area contributed by atoms with Crippen molar-refractivity contribution < 1.29 is 4.79 Å². The molecule has 0 aromatic rings. The van der Waals surface area contributed by atoms with Crippen molar-refractivity contribution in [1.82, 2.24) is 4.90 Å². The van der Waals surface area contributed by atoms with Crippen LogP contribution in [0, 0.1) is 0 Å². The Bertz CT molecular complexity index is 163. The number of nitrogens with zero attached hydrogens (tertiary/aromatic N) is 1. The van der Waals surface area contributed by atoms with E-state index >= 15 is 0 Å². The van der Waals surface area contributed by atoms with E-state index in [1.807, 2.05) is 7.05 Å². The van der Waals surface area contributed by atoms with Crippen LogP contribution in [0.4, 0.5) is 0 Å². The van der Waals surface area contributed by atoms with Crippen LogP contribution in [0.3, 0.4) is 0 Å². The Labute approximate surface area is 77.7 Å². The molecule has 2 N–H and O–H groups in total. The van der Waals surface area contributed by atoms with Gasteiger partial charge in [0.05, 0.1) is 5.25 Å². The van der Waals surface area contributed by atoms with Crippen LogP contribution in [0.5, 0.6) is 0 Å². The Morgan fingerprint density at radius 3 is 3.00 bits per heavy atom. The van der Waals surface area contributed by atoms with E-state index in [2.05, 4.69) is 0 Å². The van der Waals surface area contributed by atoms with Gasteiger partial charge in [-0.2, -0.15) is 0 Å². The highest BCUT2D eigenvalue weighted by atomic mass is 32.2. The van der Waals surface area contributed by atoms with Crippen LogP contribution < -0.4 is 5.73 Å². The third-order valence-electron chi connectivity index (χ3n) is 2.05. The molecule has 12 heavy (non-hydrogen) atoms. The van der Waals surface area contributed by atoms with Gasteiger partial charge >= 0.3 is 0 Å². The summed E-state index contributed by atoms with van der Waals surface area (Å²) in [6.45, 7) is 1.64. The van der Waals surface area contributed by atoms with Gasteiger partial charge in [0, 0.05) is 13.6 Å². The molecule has 1 heterocycles. The van der Waals surface area contributed by atoms with Crippen molar-refractivity contribution in [3.8, 4) is 0 Å². The fraction of sp³-hybridized carbons (Fsp3) is 0.875. The molecule has 0 radical (unpaired) electrons. The predicted octanol–water partition coefficient (Wildman–Crippen LogP) is 0.299. The molecule has 3 nitrogen and oxygen atoms in total. The summed E-state index contributed by atoms with van der Waals surface area (Å²) < 4.78 is 0. The first-order valence-electron chi connectivity index (χ1n) is 4.32. The molecule has 70 valence electrons. The van der Waals surface area contributed by atoms with Crippen molar-refractivity contribution in [2.75, 3.05) is 25.9 Å². The Balaban J connectivity index is 2.20. The van der Waals surface area contributed by atoms with Crippen LogP contribution in [-0.4, -0.2) is 41.9 Å². The maximum Gasteiger partial charge on any atom is 0.235 e. The number of nitrogens with two attached hydrogens (primary N) is 1. The molecule has 1 aliphatic rings. The molecule has 1 rings (SSSR count). The number of hydrogen-bond acceptors (Lipinski definition) is 3. The Kier molecular flexibility index (Phi) is 3.88. The van der Waals surface area contributed by atoms with Crippen LogP contribution in [-0.2, 0) is 4.79 Å². The Morgan fingerprint density at radius 2 is 2.50 bits per heavy atom. The Morgan fingerprint density at radius 1 is 1.75 bits per heavy atom. The molecule has 1 fully saturated rings. The van der Waals surface area contributed by atoms with Crippen molar-refractivity contribution in [3.63, 3.8) is 0 Å². The normalized spacial score (nSPS) is 23.7. The highest BCUT2D eigenvalue weighted by Gasteiger charge is 2.28. The van der Waals surface area contributed by atoms with Crippen LogP contribution in [0.2, 0.25) is 0 Å².